The van der Waals surface area contributed by atoms with Gasteiger partial charge in [-0.1, -0.05) is 39.0 Å². The van der Waals surface area contributed by atoms with E-state index in [4.69, 9.17) is 0 Å². The predicted molar refractivity (Wildman–Crippen MR) is 85.3 cm³/mol. The van der Waals surface area contributed by atoms with Crippen LogP contribution in [-0.2, 0) is 12.0 Å². The molecule has 3 heteroatoms. The molecule has 110 valence electrons. The van der Waals surface area contributed by atoms with Crippen molar-refractivity contribution in [2.45, 2.75) is 39.7 Å². The number of hydrogen-bond donors (Lipinski definition) is 1. The van der Waals surface area contributed by atoms with E-state index in [0.717, 1.165) is 11.1 Å². The van der Waals surface area contributed by atoms with Crippen LogP contribution in [0.5, 0.6) is 0 Å². The Kier molecular flexibility index (Phi) is 4.41. The lowest BCUT2D eigenvalue weighted by atomic mass is 9.87. The van der Waals surface area contributed by atoms with E-state index < -0.39 is 0 Å². The van der Waals surface area contributed by atoms with Crippen LogP contribution in [-0.4, -0.2) is 10.9 Å². The van der Waals surface area contributed by atoms with Gasteiger partial charge in [-0.2, -0.15) is 0 Å². The minimum atomic E-state index is -0.0584. The molecule has 1 amide bonds. The van der Waals surface area contributed by atoms with Crippen LogP contribution in [0.3, 0.4) is 0 Å². The minimum Gasteiger partial charge on any atom is -0.348 e. The van der Waals surface area contributed by atoms with Gasteiger partial charge in [0, 0.05) is 24.5 Å². The summed E-state index contributed by atoms with van der Waals surface area (Å²) in [7, 11) is 0. The Morgan fingerprint density at radius 3 is 2.38 bits per heavy atom. The zero-order valence-corrected chi connectivity index (χ0v) is 13.1. The van der Waals surface area contributed by atoms with Gasteiger partial charge < -0.3 is 5.32 Å². The summed E-state index contributed by atoms with van der Waals surface area (Å²) in [5.74, 6) is -0.0584. The molecule has 2 aromatic rings. The molecule has 1 N–H and O–H groups in total. The molecule has 0 spiro atoms. The van der Waals surface area contributed by atoms with Crippen LogP contribution in [0, 0.1) is 6.92 Å². The minimum absolute atomic E-state index is 0.0584. The quantitative estimate of drug-likeness (QED) is 0.934. The number of carbonyl (C=O) groups excluding carboxylic acids is 1. The molecule has 2 rings (SSSR count). The Labute approximate surface area is 126 Å². The third-order valence-corrected chi connectivity index (χ3v) is 3.40. The summed E-state index contributed by atoms with van der Waals surface area (Å²) in [5, 5.41) is 2.92. The summed E-state index contributed by atoms with van der Waals surface area (Å²) in [5.41, 5.74) is 4.11. The van der Waals surface area contributed by atoms with Gasteiger partial charge in [0.15, 0.2) is 0 Å². The molecular weight excluding hydrogens is 260 g/mol. The first-order valence-corrected chi connectivity index (χ1v) is 7.15. The van der Waals surface area contributed by atoms with Crippen molar-refractivity contribution in [2.24, 2.45) is 0 Å². The van der Waals surface area contributed by atoms with Gasteiger partial charge in [-0.15, -0.1) is 0 Å². The summed E-state index contributed by atoms with van der Waals surface area (Å²) in [6.45, 7) is 8.96. The molecule has 1 aromatic heterocycles. The Bertz CT molecular complexity index is 624. The SMILES string of the molecule is Cc1cncc(CNC(=O)c2ccc(C(C)(C)C)cc2)c1. The topological polar surface area (TPSA) is 42.0 Å². The molecule has 0 fully saturated rings. The van der Waals surface area contributed by atoms with Crippen LogP contribution >= 0.6 is 0 Å². The molecule has 0 aliphatic rings. The van der Waals surface area contributed by atoms with Gasteiger partial charge in [-0.05, 0) is 41.2 Å². The van der Waals surface area contributed by atoms with Gasteiger partial charge in [-0.25, -0.2) is 0 Å². The second-order valence-corrected chi connectivity index (χ2v) is 6.38. The first-order valence-electron chi connectivity index (χ1n) is 7.15. The first-order chi connectivity index (χ1) is 9.86. The standard InChI is InChI=1S/C18H22N2O/c1-13-9-14(11-19-10-13)12-20-17(21)15-5-7-16(8-6-15)18(2,3)4/h5-11H,12H2,1-4H3,(H,20,21). The monoisotopic (exact) mass is 282 g/mol. The lowest BCUT2D eigenvalue weighted by Gasteiger charge is -2.19. The number of nitrogens with one attached hydrogen (secondary N) is 1. The Balaban J connectivity index is 2.00. The highest BCUT2D eigenvalue weighted by molar-refractivity contribution is 5.94. The molecule has 0 saturated heterocycles. The molecule has 0 atom stereocenters. The number of nitrogens with zero attached hydrogens (tertiary/aromatic N) is 1. The van der Waals surface area contributed by atoms with Gasteiger partial charge >= 0.3 is 0 Å². The number of aryl methyl sites for hydroxylation is 1. The third kappa shape index (κ3) is 4.15. The van der Waals surface area contributed by atoms with E-state index in [1.54, 1.807) is 12.4 Å². The van der Waals surface area contributed by atoms with Crippen molar-refractivity contribution in [3.05, 3.63) is 65.0 Å². The van der Waals surface area contributed by atoms with E-state index in [2.05, 4.69) is 31.1 Å². The lowest BCUT2D eigenvalue weighted by molar-refractivity contribution is 0.0951. The molecular formula is C18H22N2O. The fourth-order valence-corrected chi connectivity index (χ4v) is 2.12. The molecule has 1 aromatic carbocycles. The summed E-state index contributed by atoms with van der Waals surface area (Å²) in [6, 6.07) is 9.82. The van der Waals surface area contributed by atoms with Crippen LogP contribution in [0.4, 0.5) is 0 Å². The molecule has 21 heavy (non-hydrogen) atoms. The smallest absolute Gasteiger partial charge is 0.251 e. The first kappa shape index (κ1) is 15.2. The van der Waals surface area contributed by atoms with E-state index in [-0.39, 0.29) is 11.3 Å². The van der Waals surface area contributed by atoms with E-state index in [1.165, 1.54) is 5.56 Å². The number of hydrogen-bond acceptors (Lipinski definition) is 2. The maximum atomic E-state index is 12.1. The van der Waals surface area contributed by atoms with Crippen molar-refractivity contribution >= 4 is 5.91 Å². The second-order valence-electron chi connectivity index (χ2n) is 6.38. The van der Waals surface area contributed by atoms with Crippen molar-refractivity contribution in [1.29, 1.82) is 0 Å². The normalized spacial score (nSPS) is 11.2. The third-order valence-electron chi connectivity index (χ3n) is 3.40. The zero-order valence-electron chi connectivity index (χ0n) is 13.1. The van der Waals surface area contributed by atoms with Crippen LogP contribution in [0.2, 0.25) is 0 Å². The molecule has 1 heterocycles. The maximum Gasteiger partial charge on any atom is 0.251 e. The van der Waals surface area contributed by atoms with Crippen molar-refractivity contribution in [2.75, 3.05) is 0 Å². The van der Waals surface area contributed by atoms with Crippen molar-refractivity contribution in [3.63, 3.8) is 0 Å². The summed E-state index contributed by atoms with van der Waals surface area (Å²) in [4.78, 5) is 16.3. The number of benzene rings is 1. The zero-order chi connectivity index (χ0) is 15.5. The van der Waals surface area contributed by atoms with Crippen molar-refractivity contribution < 1.29 is 4.79 Å². The number of aromatic nitrogens is 1. The number of rotatable bonds is 3. The van der Waals surface area contributed by atoms with Crippen LogP contribution in [0.15, 0.2) is 42.7 Å². The predicted octanol–water partition coefficient (Wildman–Crippen LogP) is 3.62. The van der Waals surface area contributed by atoms with Gasteiger partial charge in [0.2, 0.25) is 0 Å². The fraction of sp³-hybridized carbons (Fsp3) is 0.333. The number of amides is 1. The summed E-state index contributed by atoms with van der Waals surface area (Å²) in [6.07, 6.45) is 3.58. The van der Waals surface area contributed by atoms with Crippen LogP contribution in [0.1, 0.15) is 47.8 Å². The highest BCUT2D eigenvalue weighted by Gasteiger charge is 2.14. The number of carbonyl (C=O) groups is 1. The Morgan fingerprint density at radius 2 is 1.81 bits per heavy atom. The average molecular weight is 282 g/mol. The second kappa shape index (κ2) is 6.08. The highest BCUT2D eigenvalue weighted by atomic mass is 16.1. The maximum absolute atomic E-state index is 12.1. The average Bonchev–Trinajstić information content (AvgIpc) is 2.44. The van der Waals surface area contributed by atoms with Gasteiger partial charge in [0.05, 0.1) is 0 Å². The highest BCUT2D eigenvalue weighted by Crippen LogP contribution is 2.22. The van der Waals surface area contributed by atoms with E-state index in [1.807, 2.05) is 37.3 Å². The van der Waals surface area contributed by atoms with Gasteiger partial charge in [0.25, 0.3) is 5.91 Å². The Hall–Kier alpha value is -2.16. The van der Waals surface area contributed by atoms with E-state index in [9.17, 15) is 4.79 Å². The van der Waals surface area contributed by atoms with Crippen molar-refractivity contribution in [3.8, 4) is 0 Å². The van der Waals surface area contributed by atoms with E-state index in [0.29, 0.717) is 12.1 Å². The molecule has 0 saturated carbocycles. The van der Waals surface area contributed by atoms with Crippen LogP contribution in [0.25, 0.3) is 0 Å². The van der Waals surface area contributed by atoms with E-state index >= 15 is 0 Å². The van der Waals surface area contributed by atoms with Gasteiger partial charge in [0.1, 0.15) is 0 Å². The fourth-order valence-electron chi connectivity index (χ4n) is 2.12. The van der Waals surface area contributed by atoms with Crippen molar-refractivity contribution in [1.82, 2.24) is 10.3 Å². The summed E-state index contributed by atoms with van der Waals surface area (Å²) < 4.78 is 0. The van der Waals surface area contributed by atoms with Gasteiger partial charge in [-0.3, -0.25) is 9.78 Å². The number of pyridine rings is 1. The molecule has 0 unspecified atom stereocenters. The summed E-state index contributed by atoms with van der Waals surface area (Å²) >= 11 is 0. The molecule has 0 radical (unpaired) electrons. The largest absolute Gasteiger partial charge is 0.348 e. The molecule has 3 nitrogen and oxygen atoms in total. The molecule has 0 bridgehead atoms. The Morgan fingerprint density at radius 1 is 1.14 bits per heavy atom. The molecule has 0 aliphatic heterocycles. The lowest BCUT2D eigenvalue weighted by Crippen LogP contribution is -2.23. The molecule has 0 aliphatic carbocycles. The van der Waals surface area contributed by atoms with Crippen LogP contribution < -0.4 is 5.32 Å².